The molecule has 188 valence electrons. The fraction of sp³-hybridized carbons (Fsp3) is 0.636. The molecule has 8 nitrogen and oxygen atoms in total. The van der Waals surface area contributed by atoms with Crippen molar-refractivity contribution < 1.29 is 28.7 Å². The number of unbranched alkanes of at least 4 members (excludes halogenated alkanes) is 4. The maximum absolute atomic E-state index is 12.9. The minimum absolute atomic E-state index is 0.214. The van der Waals surface area contributed by atoms with Gasteiger partial charge in [0.1, 0.15) is 8.64 Å². The van der Waals surface area contributed by atoms with Crippen molar-refractivity contribution in [3.05, 3.63) is 9.81 Å². The first kappa shape index (κ1) is 28.7. The van der Waals surface area contributed by atoms with Gasteiger partial charge in [-0.05, 0) is 39.5 Å². The molecule has 34 heavy (non-hydrogen) atoms. The lowest BCUT2D eigenvalue weighted by molar-refractivity contribution is -0.144. The molecule has 2 aliphatic heterocycles. The molecule has 0 spiro atoms. The second-order valence-electron chi connectivity index (χ2n) is 7.54. The molecule has 0 unspecified atom stereocenters. The summed E-state index contributed by atoms with van der Waals surface area (Å²) in [5.74, 6) is -0.964. The molecular weight excluding hydrogens is 517 g/mol. The lowest BCUT2D eigenvalue weighted by atomic mass is 10.2. The fourth-order valence-electron chi connectivity index (χ4n) is 3.35. The van der Waals surface area contributed by atoms with Gasteiger partial charge in [0.15, 0.2) is 0 Å². The van der Waals surface area contributed by atoms with Gasteiger partial charge in [-0.1, -0.05) is 60.8 Å². The van der Waals surface area contributed by atoms with Crippen LogP contribution >= 0.6 is 48.0 Å². The van der Waals surface area contributed by atoms with E-state index in [9.17, 15) is 19.2 Å². The number of thiocarbonyl (C=S) groups is 2. The average Bonchev–Trinajstić information content (AvgIpc) is 3.23. The summed E-state index contributed by atoms with van der Waals surface area (Å²) in [7, 11) is 0. The van der Waals surface area contributed by atoms with Crippen molar-refractivity contribution in [3.8, 4) is 0 Å². The second-order valence-corrected chi connectivity index (χ2v) is 10.8. The number of nitrogens with zero attached hydrogens (tertiary/aromatic N) is 2. The van der Waals surface area contributed by atoms with Crippen molar-refractivity contribution in [1.82, 2.24) is 9.80 Å². The number of rotatable bonds is 14. The monoisotopic (exact) mass is 546 g/mol. The van der Waals surface area contributed by atoms with Crippen LogP contribution in [0, 0.1) is 0 Å². The van der Waals surface area contributed by atoms with Crippen LogP contribution in [0.25, 0.3) is 0 Å². The Hall–Kier alpha value is -1.50. The standard InChI is InChI=1S/C22H30N2O6S4/c1-3-29-15(25)11-7-5-9-13-23-19(27)17(33-21(23)31)18-20(28)24(22(32)34-18)14-10-6-8-12-16(26)30-4-2/h3-14H2,1-2H3/b18-17+. The van der Waals surface area contributed by atoms with Crippen LogP contribution in [0.1, 0.15) is 65.2 Å². The molecule has 12 heteroatoms. The Labute approximate surface area is 219 Å². The second kappa shape index (κ2) is 14.8. The van der Waals surface area contributed by atoms with E-state index in [0.717, 1.165) is 36.4 Å². The molecule has 2 heterocycles. The van der Waals surface area contributed by atoms with Crippen LogP contribution in [0.3, 0.4) is 0 Å². The lowest BCUT2D eigenvalue weighted by Crippen LogP contribution is -2.31. The highest BCUT2D eigenvalue weighted by molar-refractivity contribution is 8.29. The number of hydrogen-bond donors (Lipinski definition) is 0. The van der Waals surface area contributed by atoms with E-state index in [1.165, 1.54) is 9.80 Å². The van der Waals surface area contributed by atoms with Gasteiger partial charge >= 0.3 is 11.9 Å². The zero-order valence-corrected chi connectivity index (χ0v) is 22.7. The van der Waals surface area contributed by atoms with Gasteiger partial charge in [0.25, 0.3) is 11.8 Å². The Morgan fingerprint density at radius 1 is 0.706 bits per heavy atom. The third kappa shape index (κ3) is 8.31. The molecule has 0 atom stereocenters. The van der Waals surface area contributed by atoms with Crippen LogP contribution in [-0.4, -0.2) is 68.5 Å². The molecule has 2 aliphatic rings. The quantitative estimate of drug-likeness (QED) is 0.137. The van der Waals surface area contributed by atoms with Crippen LogP contribution < -0.4 is 0 Å². The first-order valence-electron chi connectivity index (χ1n) is 11.4. The van der Waals surface area contributed by atoms with Crippen LogP contribution in [-0.2, 0) is 28.7 Å². The van der Waals surface area contributed by atoms with Crippen molar-refractivity contribution >= 4 is 80.4 Å². The Bertz CT molecular complexity index is 792. The summed E-state index contributed by atoms with van der Waals surface area (Å²) >= 11 is 13.0. The van der Waals surface area contributed by atoms with Gasteiger partial charge in [-0.2, -0.15) is 0 Å². The van der Waals surface area contributed by atoms with E-state index in [1.54, 1.807) is 13.8 Å². The zero-order valence-electron chi connectivity index (χ0n) is 19.5. The molecule has 0 aliphatic carbocycles. The molecule has 2 fully saturated rings. The number of hydrogen-bond acceptors (Lipinski definition) is 10. The van der Waals surface area contributed by atoms with Gasteiger partial charge in [-0.25, -0.2) is 0 Å². The van der Waals surface area contributed by atoms with Gasteiger partial charge in [-0.15, -0.1) is 0 Å². The summed E-state index contributed by atoms with van der Waals surface area (Å²) in [5, 5.41) is 0. The minimum Gasteiger partial charge on any atom is -0.466 e. The van der Waals surface area contributed by atoms with E-state index < -0.39 is 0 Å². The number of amides is 2. The Morgan fingerprint density at radius 2 is 1.09 bits per heavy atom. The molecule has 0 N–H and O–H groups in total. The first-order valence-corrected chi connectivity index (χ1v) is 13.9. The molecule has 0 aromatic rings. The van der Waals surface area contributed by atoms with Crippen LogP contribution in [0.15, 0.2) is 9.81 Å². The van der Waals surface area contributed by atoms with E-state index in [2.05, 4.69) is 0 Å². The number of carbonyl (C=O) groups excluding carboxylic acids is 4. The number of ether oxygens (including phenoxy) is 2. The Morgan fingerprint density at radius 3 is 1.44 bits per heavy atom. The number of thioether (sulfide) groups is 2. The fourth-order valence-corrected chi connectivity index (χ4v) is 6.13. The molecule has 0 aromatic heterocycles. The van der Waals surface area contributed by atoms with Crippen molar-refractivity contribution in [2.45, 2.75) is 65.2 Å². The molecule has 0 radical (unpaired) electrons. The van der Waals surface area contributed by atoms with E-state index in [-0.39, 0.29) is 23.8 Å². The average molecular weight is 547 g/mol. The van der Waals surface area contributed by atoms with Gasteiger partial charge in [0.2, 0.25) is 0 Å². The zero-order chi connectivity index (χ0) is 25.1. The van der Waals surface area contributed by atoms with Crippen molar-refractivity contribution in [3.63, 3.8) is 0 Å². The maximum atomic E-state index is 12.9. The molecular formula is C22H30N2O6S4. The van der Waals surface area contributed by atoms with Crippen LogP contribution in [0.2, 0.25) is 0 Å². The first-order chi connectivity index (χ1) is 16.3. The number of esters is 2. The minimum atomic E-state index is -0.268. The predicted molar refractivity (Wildman–Crippen MR) is 141 cm³/mol. The van der Waals surface area contributed by atoms with Gasteiger partial charge < -0.3 is 9.47 Å². The SMILES string of the molecule is CCOC(=O)CCCCCN1C(=O)/C(=C2\SC(=S)N(CCCCCC(=O)OCC)C2=O)SC1=S. The number of carbonyl (C=O) groups is 4. The Kier molecular flexibility index (Phi) is 12.5. The van der Waals surface area contributed by atoms with E-state index in [4.69, 9.17) is 33.9 Å². The maximum Gasteiger partial charge on any atom is 0.305 e. The summed E-state index contributed by atoms with van der Waals surface area (Å²) in [4.78, 5) is 52.4. The molecule has 2 amide bonds. The summed E-state index contributed by atoms with van der Waals surface area (Å²) in [6.07, 6.45) is 5.03. The molecule has 0 bridgehead atoms. The summed E-state index contributed by atoms with van der Waals surface area (Å²) in [6, 6.07) is 0. The van der Waals surface area contributed by atoms with Crippen LogP contribution in [0.4, 0.5) is 0 Å². The van der Waals surface area contributed by atoms with Crippen LogP contribution in [0.5, 0.6) is 0 Å². The largest absolute Gasteiger partial charge is 0.466 e. The molecule has 0 saturated carbocycles. The highest BCUT2D eigenvalue weighted by Crippen LogP contribution is 2.42. The van der Waals surface area contributed by atoms with Crippen molar-refractivity contribution in [1.29, 1.82) is 0 Å². The summed E-state index contributed by atoms with van der Waals surface area (Å²) in [5.41, 5.74) is 0. The van der Waals surface area contributed by atoms with Gasteiger partial charge in [0, 0.05) is 25.9 Å². The van der Waals surface area contributed by atoms with E-state index in [0.29, 0.717) is 83.3 Å². The third-order valence-electron chi connectivity index (χ3n) is 5.04. The highest BCUT2D eigenvalue weighted by atomic mass is 32.2. The lowest BCUT2D eigenvalue weighted by Gasteiger charge is -2.14. The molecule has 2 saturated heterocycles. The predicted octanol–water partition coefficient (Wildman–Crippen LogP) is 4.17. The summed E-state index contributed by atoms with van der Waals surface area (Å²) < 4.78 is 10.7. The van der Waals surface area contributed by atoms with Crippen molar-refractivity contribution in [2.24, 2.45) is 0 Å². The van der Waals surface area contributed by atoms with E-state index >= 15 is 0 Å². The van der Waals surface area contributed by atoms with Crippen molar-refractivity contribution in [2.75, 3.05) is 26.3 Å². The topological polar surface area (TPSA) is 93.2 Å². The Balaban J connectivity index is 1.83. The summed E-state index contributed by atoms with van der Waals surface area (Å²) in [6.45, 7) is 5.18. The van der Waals surface area contributed by atoms with E-state index in [1.807, 2.05) is 0 Å². The highest BCUT2D eigenvalue weighted by Gasteiger charge is 2.41. The molecule has 0 aromatic carbocycles. The molecule has 2 rings (SSSR count). The smallest absolute Gasteiger partial charge is 0.305 e. The van der Waals surface area contributed by atoms with Gasteiger partial charge in [0.05, 0.1) is 23.0 Å². The normalized spacial score (nSPS) is 18.3. The van der Waals surface area contributed by atoms with Gasteiger partial charge in [-0.3, -0.25) is 29.0 Å². The third-order valence-corrected chi connectivity index (χ3v) is 8.07.